The highest BCUT2D eigenvalue weighted by Gasteiger charge is 2.15. The zero-order valence-electron chi connectivity index (χ0n) is 12.6. The van der Waals surface area contributed by atoms with Crippen molar-refractivity contribution < 1.29 is 9.53 Å². The van der Waals surface area contributed by atoms with Crippen molar-refractivity contribution in [1.29, 1.82) is 0 Å². The van der Waals surface area contributed by atoms with Crippen LogP contribution in [0, 0.1) is 0 Å². The lowest BCUT2D eigenvalue weighted by molar-refractivity contribution is -0.116. The summed E-state index contributed by atoms with van der Waals surface area (Å²) in [5.41, 5.74) is 1.90. The van der Waals surface area contributed by atoms with Gasteiger partial charge in [0.2, 0.25) is 5.91 Å². The first-order valence-corrected chi connectivity index (χ1v) is 8.56. The lowest BCUT2D eigenvalue weighted by Gasteiger charge is -2.06. The van der Waals surface area contributed by atoms with E-state index in [1.165, 1.54) is 11.8 Å². The van der Waals surface area contributed by atoms with Crippen LogP contribution in [0.25, 0.3) is 0 Å². The van der Waals surface area contributed by atoms with Gasteiger partial charge in [-0.25, -0.2) is 0 Å². The van der Waals surface area contributed by atoms with E-state index in [-0.39, 0.29) is 5.91 Å². The van der Waals surface area contributed by atoms with E-state index in [9.17, 15) is 4.79 Å². The number of carbonyl (C=O) groups is 1. The van der Waals surface area contributed by atoms with Crippen LogP contribution >= 0.6 is 23.4 Å². The van der Waals surface area contributed by atoms with Gasteiger partial charge in [-0.1, -0.05) is 47.6 Å². The highest BCUT2D eigenvalue weighted by Crippen LogP contribution is 2.16. The van der Waals surface area contributed by atoms with E-state index in [0.29, 0.717) is 22.6 Å². The summed E-state index contributed by atoms with van der Waals surface area (Å²) in [5.74, 6) is 1.08. The average molecular weight is 360 g/mol. The molecule has 0 aromatic heterocycles. The van der Waals surface area contributed by atoms with Crippen molar-refractivity contribution in [3.05, 3.63) is 64.7 Å². The van der Waals surface area contributed by atoms with E-state index >= 15 is 0 Å². The molecule has 1 N–H and O–H groups in total. The van der Waals surface area contributed by atoms with Gasteiger partial charge in [-0.2, -0.15) is 5.10 Å². The van der Waals surface area contributed by atoms with Crippen LogP contribution in [-0.4, -0.2) is 23.0 Å². The van der Waals surface area contributed by atoms with Crippen molar-refractivity contribution >= 4 is 40.7 Å². The van der Waals surface area contributed by atoms with Gasteiger partial charge in [-0.15, -0.1) is 5.10 Å². The summed E-state index contributed by atoms with van der Waals surface area (Å²) in [6.45, 7) is 0.461. The first kappa shape index (κ1) is 16.5. The van der Waals surface area contributed by atoms with Crippen molar-refractivity contribution in [3.63, 3.8) is 0 Å². The molecule has 7 heteroatoms. The predicted molar refractivity (Wildman–Crippen MR) is 97.9 cm³/mol. The normalized spacial score (nSPS) is 15.9. The van der Waals surface area contributed by atoms with Gasteiger partial charge in [0.05, 0.1) is 12.0 Å². The Balaban J connectivity index is 1.59. The second-order valence-corrected chi connectivity index (χ2v) is 6.37. The van der Waals surface area contributed by atoms with Crippen LogP contribution < -0.4 is 10.1 Å². The van der Waals surface area contributed by atoms with Gasteiger partial charge in [-0.3, -0.25) is 4.79 Å². The van der Waals surface area contributed by atoms with Gasteiger partial charge in [0, 0.05) is 5.02 Å². The number of nitrogens with one attached hydrogen (secondary N) is 1. The lowest BCUT2D eigenvalue weighted by atomic mass is 10.2. The molecule has 0 bridgehead atoms. The summed E-state index contributed by atoms with van der Waals surface area (Å²) < 4.78 is 5.76. The number of thioether (sulfide) groups is 1. The maximum absolute atomic E-state index is 11.1. The van der Waals surface area contributed by atoms with Crippen LogP contribution in [0.15, 0.2) is 58.7 Å². The number of hydrogen-bond acceptors (Lipinski definition) is 5. The van der Waals surface area contributed by atoms with Crippen LogP contribution in [0.4, 0.5) is 0 Å². The number of hydrogen-bond donors (Lipinski definition) is 1. The highest BCUT2D eigenvalue weighted by molar-refractivity contribution is 8.15. The highest BCUT2D eigenvalue weighted by atomic mass is 35.5. The number of benzene rings is 2. The summed E-state index contributed by atoms with van der Waals surface area (Å²) in [6, 6.07) is 15.1. The van der Waals surface area contributed by atoms with E-state index < -0.39 is 0 Å². The van der Waals surface area contributed by atoms with Crippen LogP contribution in [0.2, 0.25) is 5.02 Å². The van der Waals surface area contributed by atoms with Crippen LogP contribution in [0.3, 0.4) is 0 Å². The predicted octanol–water partition coefficient (Wildman–Crippen LogP) is 3.47. The van der Waals surface area contributed by atoms with Crippen LogP contribution in [-0.2, 0) is 11.4 Å². The Kier molecular flexibility index (Phi) is 5.51. The first-order valence-electron chi connectivity index (χ1n) is 7.20. The minimum absolute atomic E-state index is 0.0495. The summed E-state index contributed by atoms with van der Waals surface area (Å²) in [6.07, 6.45) is 1.62. The molecule has 3 rings (SSSR count). The van der Waals surface area contributed by atoms with Crippen molar-refractivity contribution in [2.45, 2.75) is 6.61 Å². The standard InChI is InChI=1S/C17H14ClN3O2S/c18-14-6-4-12(5-7-14)10-23-15-3-1-2-13(8-15)9-19-21-17-20-16(22)11-24-17/h1-9H,10-11H2,(H,20,21,22)/b19-9-. The number of halogens is 1. The number of nitrogens with zero attached hydrogens (tertiary/aromatic N) is 2. The Morgan fingerprint density at radius 1 is 1.25 bits per heavy atom. The van der Waals surface area contributed by atoms with Gasteiger partial charge in [0.25, 0.3) is 0 Å². The molecule has 0 atom stereocenters. The summed E-state index contributed by atoms with van der Waals surface area (Å²) in [7, 11) is 0. The Labute approximate surface area is 148 Å². The molecule has 0 unspecified atom stereocenters. The van der Waals surface area contributed by atoms with Crippen LogP contribution in [0.5, 0.6) is 5.75 Å². The largest absolute Gasteiger partial charge is 0.489 e. The molecule has 1 aliphatic heterocycles. The monoisotopic (exact) mass is 359 g/mol. The molecule has 1 saturated heterocycles. The van der Waals surface area contributed by atoms with Gasteiger partial charge in [0.15, 0.2) is 5.17 Å². The third-order valence-corrected chi connectivity index (χ3v) is 4.23. The van der Waals surface area contributed by atoms with Crippen molar-refractivity contribution in [2.24, 2.45) is 10.2 Å². The maximum Gasteiger partial charge on any atom is 0.236 e. The molecule has 5 nitrogen and oxygen atoms in total. The second-order valence-electron chi connectivity index (χ2n) is 4.97. The minimum Gasteiger partial charge on any atom is -0.489 e. The third-order valence-electron chi connectivity index (χ3n) is 3.12. The molecule has 2 aromatic carbocycles. The van der Waals surface area contributed by atoms with Gasteiger partial charge < -0.3 is 10.1 Å². The molecular weight excluding hydrogens is 346 g/mol. The summed E-state index contributed by atoms with van der Waals surface area (Å²) >= 11 is 7.20. The quantitative estimate of drug-likeness (QED) is 0.656. The van der Waals surface area contributed by atoms with Crippen molar-refractivity contribution in [3.8, 4) is 5.75 Å². The van der Waals surface area contributed by atoms with Gasteiger partial charge >= 0.3 is 0 Å². The van der Waals surface area contributed by atoms with Gasteiger partial charge in [-0.05, 0) is 35.4 Å². The summed E-state index contributed by atoms with van der Waals surface area (Å²) in [4.78, 5) is 11.1. The topological polar surface area (TPSA) is 63.0 Å². The average Bonchev–Trinajstić information content (AvgIpc) is 3.00. The fourth-order valence-corrected chi connectivity index (χ4v) is 2.72. The number of amides is 1. The smallest absolute Gasteiger partial charge is 0.236 e. The number of rotatable bonds is 5. The summed E-state index contributed by atoms with van der Waals surface area (Å²) in [5, 5.41) is 11.8. The Morgan fingerprint density at radius 2 is 2.08 bits per heavy atom. The molecular formula is C17H14ClN3O2S. The molecule has 0 saturated carbocycles. The molecule has 1 heterocycles. The molecule has 0 radical (unpaired) electrons. The number of ether oxygens (including phenoxy) is 1. The van der Waals surface area contributed by atoms with E-state index in [0.717, 1.165) is 16.9 Å². The molecule has 1 amide bonds. The Hall–Kier alpha value is -2.31. The van der Waals surface area contributed by atoms with Crippen LogP contribution in [0.1, 0.15) is 11.1 Å². The first-order chi connectivity index (χ1) is 11.7. The van der Waals surface area contributed by atoms with Crippen molar-refractivity contribution in [2.75, 3.05) is 5.75 Å². The van der Waals surface area contributed by atoms with E-state index in [1.54, 1.807) is 6.21 Å². The number of carbonyl (C=O) groups excluding carboxylic acids is 1. The van der Waals surface area contributed by atoms with E-state index in [4.69, 9.17) is 16.3 Å². The molecule has 0 spiro atoms. The van der Waals surface area contributed by atoms with E-state index in [2.05, 4.69) is 15.5 Å². The molecule has 1 aliphatic rings. The zero-order chi connectivity index (χ0) is 16.8. The second kappa shape index (κ2) is 7.99. The molecule has 1 fully saturated rings. The minimum atomic E-state index is -0.0495. The molecule has 122 valence electrons. The van der Waals surface area contributed by atoms with Gasteiger partial charge in [0.1, 0.15) is 12.4 Å². The van der Waals surface area contributed by atoms with E-state index in [1.807, 2.05) is 48.5 Å². The maximum atomic E-state index is 11.1. The molecule has 2 aromatic rings. The molecule has 0 aliphatic carbocycles. The third kappa shape index (κ3) is 4.84. The Bertz CT molecular complexity index is 791. The lowest BCUT2D eigenvalue weighted by Crippen LogP contribution is -2.19. The Morgan fingerprint density at radius 3 is 2.83 bits per heavy atom. The SMILES string of the molecule is O=C1CS/C(=N\N=C/c2cccc(OCc3ccc(Cl)cc3)c2)N1. The zero-order valence-corrected chi connectivity index (χ0v) is 14.2. The fraction of sp³-hybridized carbons (Fsp3) is 0.118. The van der Waals surface area contributed by atoms with Crippen molar-refractivity contribution in [1.82, 2.24) is 5.32 Å². The fourth-order valence-electron chi connectivity index (χ4n) is 1.96. The number of amidine groups is 1. The molecule has 24 heavy (non-hydrogen) atoms.